The van der Waals surface area contributed by atoms with E-state index < -0.39 is 0 Å². The molecule has 84 valence electrons. The Balaban J connectivity index is 2.18. The molecule has 2 heterocycles. The topological polar surface area (TPSA) is 46.1 Å². The van der Waals surface area contributed by atoms with Crippen LogP contribution in [-0.2, 0) is 0 Å². The Labute approximate surface area is 95.0 Å². The zero-order chi connectivity index (χ0) is 11.5. The molecule has 4 nitrogen and oxygen atoms in total. The predicted octanol–water partition coefficient (Wildman–Crippen LogP) is 1.58. The van der Waals surface area contributed by atoms with Gasteiger partial charge in [0.2, 0.25) is 0 Å². The molecule has 1 saturated heterocycles. The Hall–Kier alpha value is -1.71. The second-order valence-electron chi connectivity index (χ2n) is 3.96. The van der Waals surface area contributed by atoms with Crippen molar-refractivity contribution < 1.29 is 4.79 Å². The molecular formula is C12H15N3O. The molecular weight excluding hydrogens is 202 g/mol. The van der Waals surface area contributed by atoms with Gasteiger partial charge in [-0.2, -0.15) is 0 Å². The van der Waals surface area contributed by atoms with Gasteiger partial charge >= 0.3 is 0 Å². The molecule has 1 aromatic heterocycles. The van der Waals surface area contributed by atoms with Crippen molar-refractivity contribution in [3.05, 3.63) is 36.4 Å². The average molecular weight is 217 g/mol. The first-order valence-corrected chi connectivity index (χ1v) is 5.44. The average Bonchev–Trinajstić information content (AvgIpc) is 2.77. The van der Waals surface area contributed by atoms with Crippen molar-refractivity contribution in [3.63, 3.8) is 0 Å². The molecule has 0 N–H and O–H groups in total. The number of nitrogens with zero attached hydrogens (tertiary/aromatic N) is 3. The number of aromatic nitrogens is 2. The van der Waals surface area contributed by atoms with Gasteiger partial charge < -0.3 is 4.90 Å². The molecule has 0 bridgehead atoms. The van der Waals surface area contributed by atoms with Crippen molar-refractivity contribution >= 4 is 5.91 Å². The van der Waals surface area contributed by atoms with E-state index in [-0.39, 0.29) is 11.9 Å². The minimum Gasteiger partial charge on any atom is -0.332 e. The molecule has 1 atom stereocenters. The van der Waals surface area contributed by atoms with Crippen molar-refractivity contribution in [2.75, 3.05) is 6.54 Å². The number of carbonyl (C=O) groups is 1. The van der Waals surface area contributed by atoms with E-state index in [4.69, 9.17) is 0 Å². The fraction of sp³-hybridized carbons (Fsp3) is 0.417. The summed E-state index contributed by atoms with van der Waals surface area (Å²) in [5.41, 5.74) is 0.555. The van der Waals surface area contributed by atoms with Crippen molar-refractivity contribution in [1.82, 2.24) is 14.9 Å². The minimum atomic E-state index is 0.00222. The summed E-state index contributed by atoms with van der Waals surface area (Å²) in [6.45, 7) is 6.36. The van der Waals surface area contributed by atoms with E-state index in [1.165, 1.54) is 0 Å². The normalized spacial score (nSPS) is 19.8. The lowest BCUT2D eigenvalue weighted by atomic mass is 10.2. The molecule has 1 amide bonds. The molecule has 4 heteroatoms. The number of hydrogen-bond acceptors (Lipinski definition) is 3. The summed E-state index contributed by atoms with van der Waals surface area (Å²) in [5.74, 6) is 0.681. The first kappa shape index (κ1) is 10.8. The Bertz CT molecular complexity index is 399. The van der Waals surface area contributed by atoms with E-state index in [1.807, 2.05) is 11.0 Å². The van der Waals surface area contributed by atoms with Crippen LogP contribution in [0.4, 0.5) is 0 Å². The molecule has 0 radical (unpaired) electrons. The Morgan fingerprint density at radius 2 is 2.25 bits per heavy atom. The fourth-order valence-corrected chi connectivity index (χ4v) is 1.96. The zero-order valence-electron chi connectivity index (χ0n) is 9.39. The highest BCUT2D eigenvalue weighted by Gasteiger charge is 2.27. The predicted molar refractivity (Wildman–Crippen MR) is 61.0 cm³/mol. The van der Waals surface area contributed by atoms with Crippen LogP contribution in [0.25, 0.3) is 0 Å². The van der Waals surface area contributed by atoms with E-state index in [2.05, 4.69) is 16.5 Å². The molecule has 16 heavy (non-hydrogen) atoms. The van der Waals surface area contributed by atoms with Gasteiger partial charge in [-0.15, -0.1) is 6.58 Å². The van der Waals surface area contributed by atoms with Gasteiger partial charge in [0, 0.05) is 18.9 Å². The maximum atomic E-state index is 12.1. The quantitative estimate of drug-likeness (QED) is 0.706. The first-order chi connectivity index (χ1) is 7.72. The second kappa shape index (κ2) is 4.43. The zero-order valence-corrected chi connectivity index (χ0v) is 9.39. The van der Waals surface area contributed by atoms with Gasteiger partial charge in [0.05, 0.1) is 11.6 Å². The Kier molecular flexibility index (Phi) is 2.99. The summed E-state index contributed by atoms with van der Waals surface area (Å²) in [6, 6.07) is 0.161. The van der Waals surface area contributed by atoms with Gasteiger partial charge in [-0.1, -0.05) is 6.08 Å². The largest absolute Gasteiger partial charge is 0.332 e. The van der Waals surface area contributed by atoms with E-state index in [9.17, 15) is 4.79 Å². The van der Waals surface area contributed by atoms with Gasteiger partial charge in [-0.3, -0.25) is 4.79 Å². The van der Waals surface area contributed by atoms with Gasteiger partial charge in [0.25, 0.3) is 5.91 Å². The van der Waals surface area contributed by atoms with Gasteiger partial charge in [0.1, 0.15) is 5.82 Å². The molecule has 2 rings (SSSR count). The van der Waals surface area contributed by atoms with Crippen LogP contribution < -0.4 is 0 Å². The van der Waals surface area contributed by atoms with Crippen molar-refractivity contribution in [2.45, 2.75) is 25.8 Å². The number of rotatable bonds is 2. The third-order valence-corrected chi connectivity index (χ3v) is 2.86. The Morgan fingerprint density at radius 3 is 2.88 bits per heavy atom. The highest BCUT2D eigenvalue weighted by atomic mass is 16.2. The molecule has 0 saturated carbocycles. The molecule has 1 aliphatic heterocycles. The Morgan fingerprint density at radius 1 is 1.56 bits per heavy atom. The van der Waals surface area contributed by atoms with Crippen LogP contribution in [0.2, 0.25) is 0 Å². The number of amides is 1. The maximum absolute atomic E-state index is 12.1. The lowest BCUT2D eigenvalue weighted by Crippen LogP contribution is -2.34. The highest BCUT2D eigenvalue weighted by Crippen LogP contribution is 2.20. The van der Waals surface area contributed by atoms with Crippen molar-refractivity contribution in [2.24, 2.45) is 0 Å². The van der Waals surface area contributed by atoms with Crippen LogP contribution in [0.3, 0.4) is 0 Å². The van der Waals surface area contributed by atoms with Crippen LogP contribution in [0, 0.1) is 6.92 Å². The monoisotopic (exact) mass is 217 g/mol. The summed E-state index contributed by atoms with van der Waals surface area (Å²) in [5, 5.41) is 0. The van der Waals surface area contributed by atoms with Gasteiger partial charge in [-0.25, -0.2) is 9.97 Å². The standard InChI is InChI=1S/C12H15N3O/c1-3-11-5-4-6-15(11)12(16)10-7-13-9(2)14-8-10/h3,7-8,11H,1,4-6H2,2H3/t11-/m1/s1. The summed E-state index contributed by atoms with van der Waals surface area (Å²) in [7, 11) is 0. The lowest BCUT2D eigenvalue weighted by Gasteiger charge is -2.21. The van der Waals surface area contributed by atoms with E-state index in [0.29, 0.717) is 11.4 Å². The molecule has 1 aliphatic rings. The summed E-state index contributed by atoms with van der Waals surface area (Å²) >= 11 is 0. The van der Waals surface area contributed by atoms with Crippen LogP contribution in [0.1, 0.15) is 29.0 Å². The number of aryl methyl sites for hydroxylation is 1. The molecule has 1 aromatic rings. The van der Waals surface area contributed by atoms with Crippen molar-refractivity contribution in [1.29, 1.82) is 0 Å². The van der Waals surface area contributed by atoms with Crippen molar-refractivity contribution in [3.8, 4) is 0 Å². The van der Waals surface area contributed by atoms with Crippen LogP contribution in [0.5, 0.6) is 0 Å². The summed E-state index contributed by atoms with van der Waals surface area (Å²) in [4.78, 5) is 22.0. The smallest absolute Gasteiger partial charge is 0.257 e. The number of hydrogen-bond donors (Lipinski definition) is 0. The lowest BCUT2D eigenvalue weighted by molar-refractivity contribution is 0.0761. The molecule has 0 unspecified atom stereocenters. The second-order valence-corrected chi connectivity index (χ2v) is 3.96. The fourth-order valence-electron chi connectivity index (χ4n) is 1.96. The first-order valence-electron chi connectivity index (χ1n) is 5.44. The molecule has 0 spiro atoms. The SMILES string of the molecule is C=C[C@@H]1CCCN1C(=O)c1cnc(C)nc1. The molecule has 1 fully saturated rings. The maximum Gasteiger partial charge on any atom is 0.257 e. The number of likely N-dealkylation sites (tertiary alicyclic amines) is 1. The molecule has 0 aliphatic carbocycles. The third-order valence-electron chi connectivity index (χ3n) is 2.86. The van der Waals surface area contributed by atoms with E-state index in [0.717, 1.165) is 19.4 Å². The van der Waals surface area contributed by atoms with Gasteiger partial charge in [-0.05, 0) is 19.8 Å². The third kappa shape index (κ3) is 1.96. The van der Waals surface area contributed by atoms with Crippen LogP contribution in [0.15, 0.2) is 25.0 Å². The number of carbonyl (C=O) groups excluding carboxylic acids is 1. The molecule has 0 aromatic carbocycles. The van der Waals surface area contributed by atoms with E-state index >= 15 is 0 Å². The van der Waals surface area contributed by atoms with Gasteiger partial charge in [0.15, 0.2) is 0 Å². The van der Waals surface area contributed by atoms with Crippen LogP contribution in [-0.4, -0.2) is 33.4 Å². The minimum absolute atomic E-state index is 0.00222. The summed E-state index contributed by atoms with van der Waals surface area (Å²) in [6.07, 6.45) is 7.04. The highest BCUT2D eigenvalue weighted by molar-refractivity contribution is 5.94. The van der Waals surface area contributed by atoms with Crippen LogP contribution >= 0.6 is 0 Å². The summed E-state index contributed by atoms with van der Waals surface area (Å²) < 4.78 is 0. The van der Waals surface area contributed by atoms with E-state index in [1.54, 1.807) is 19.3 Å².